The minimum absolute atomic E-state index is 0.738. The van der Waals surface area contributed by atoms with Crippen LogP contribution >= 0.6 is 11.6 Å². The number of hydrogen-bond acceptors (Lipinski definition) is 3. The molecule has 1 aliphatic heterocycles. The van der Waals surface area contributed by atoms with Crippen molar-refractivity contribution >= 4 is 29.2 Å². The Hall–Kier alpha value is -2.00. The number of hydrazone groups is 1. The van der Waals surface area contributed by atoms with Crippen LogP contribution in [-0.2, 0) is 0 Å². The lowest BCUT2D eigenvalue weighted by Gasteiger charge is -2.29. The molecule has 0 aliphatic carbocycles. The molecule has 1 aliphatic rings. The molecule has 22 heavy (non-hydrogen) atoms. The second kappa shape index (κ2) is 7.32. The number of hydrogen-bond donors (Lipinski definition) is 1. The molecule has 0 unspecified atom stereocenters. The molecule has 1 heterocycles. The zero-order valence-electron chi connectivity index (χ0n) is 12.5. The van der Waals surface area contributed by atoms with Crippen molar-refractivity contribution in [3.8, 4) is 0 Å². The molecule has 3 nitrogen and oxygen atoms in total. The second-order valence-electron chi connectivity index (χ2n) is 5.49. The first-order valence-corrected chi connectivity index (χ1v) is 8.09. The van der Waals surface area contributed by atoms with Crippen LogP contribution in [0.5, 0.6) is 0 Å². The van der Waals surface area contributed by atoms with Gasteiger partial charge in [-0.1, -0.05) is 29.8 Å². The van der Waals surface area contributed by atoms with Crippen LogP contribution in [0, 0.1) is 0 Å². The van der Waals surface area contributed by atoms with Gasteiger partial charge in [-0.25, -0.2) is 0 Å². The van der Waals surface area contributed by atoms with Gasteiger partial charge in [-0.3, -0.25) is 5.43 Å². The predicted molar refractivity (Wildman–Crippen MR) is 95.2 cm³/mol. The van der Waals surface area contributed by atoms with E-state index in [1.54, 1.807) is 6.21 Å². The maximum Gasteiger partial charge on any atom is 0.0561 e. The van der Waals surface area contributed by atoms with Crippen LogP contribution in [0.4, 0.5) is 11.4 Å². The molecular formula is C18H20ClN3. The quantitative estimate of drug-likeness (QED) is 0.650. The van der Waals surface area contributed by atoms with Crippen molar-refractivity contribution in [2.75, 3.05) is 23.4 Å². The summed E-state index contributed by atoms with van der Waals surface area (Å²) < 4.78 is 0. The topological polar surface area (TPSA) is 27.6 Å². The Morgan fingerprint density at radius 3 is 2.50 bits per heavy atom. The largest absolute Gasteiger partial charge is 0.371 e. The highest BCUT2D eigenvalue weighted by Gasteiger charge is 2.11. The van der Waals surface area contributed by atoms with Crippen molar-refractivity contribution in [1.29, 1.82) is 0 Å². The number of para-hydroxylation sites is 1. The van der Waals surface area contributed by atoms with E-state index in [-0.39, 0.29) is 0 Å². The SMILES string of the molecule is Clc1cc(N2CCCCC2)ccc1C=NNc1ccccc1. The molecule has 0 saturated carbocycles. The van der Waals surface area contributed by atoms with E-state index in [9.17, 15) is 0 Å². The second-order valence-corrected chi connectivity index (χ2v) is 5.90. The summed E-state index contributed by atoms with van der Waals surface area (Å²) in [6.45, 7) is 2.25. The fraction of sp³-hybridized carbons (Fsp3) is 0.278. The lowest BCUT2D eigenvalue weighted by Crippen LogP contribution is -2.29. The van der Waals surface area contributed by atoms with Crippen LogP contribution in [0.1, 0.15) is 24.8 Å². The summed E-state index contributed by atoms with van der Waals surface area (Å²) in [5, 5.41) is 4.98. The monoisotopic (exact) mass is 313 g/mol. The third-order valence-corrected chi connectivity index (χ3v) is 4.20. The third-order valence-electron chi connectivity index (χ3n) is 3.88. The highest BCUT2D eigenvalue weighted by molar-refractivity contribution is 6.33. The lowest BCUT2D eigenvalue weighted by molar-refractivity contribution is 0.578. The first kappa shape index (κ1) is 14.9. The summed E-state index contributed by atoms with van der Waals surface area (Å²) in [7, 11) is 0. The van der Waals surface area contributed by atoms with E-state index in [1.807, 2.05) is 42.5 Å². The van der Waals surface area contributed by atoms with Gasteiger partial charge in [-0.15, -0.1) is 0 Å². The summed E-state index contributed by atoms with van der Waals surface area (Å²) in [5.41, 5.74) is 6.09. The normalized spacial score (nSPS) is 15.2. The van der Waals surface area contributed by atoms with Gasteiger partial charge in [-0.2, -0.15) is 5.10 Å². The molecule has 3 rings (SSSR count). The van der Waals surface area contributed by atoms with Gasteiger partial charge in [-0.05, 0) is 49.6 Å². The van der Waals surface area contributed by atoms with Crippen LogP contribution in [0.2, 0.25) is 5.02 Å². The summed E-state index contributed by atoms with van der Waals surface area (Å²) >= 11 is 6.38. The van der Waals surface area contributed by atoms with Crippen LogP contribution in [0.15, 0.2) is 53.6 Å². The summed E-state index contributed by atoms with van der Waals surface area (Å²) in [6, 6.07) is 16.1. The minimum atomic E-state index is 0.738. The van der Waals surface area contributed by atoms with E-state index in [1.165, 1.54) is 24.9 Å². The van der Waals surface area contributed by atoms with Crippen molar-refractivity contribution in [1.82, 2.24) is 0 Å². The standard InChI is InChI=1S/C18H20ClN3/c19-18-13-17(22-11-5-2-6-12-22)10-9-15(18)14-20-21-16-7-3-1-4-8-16/h1,3-4,7-10,13-14,21H,2,5-6,11-12H2. The van der Waals surface area contributed by atoms with Crippen molar-refractivity contribution in [3.63, 3.8) is 0 Å². The van der Waals surface area contributed by atoms with Crippen molar-refractivity contribution in [2.24, 2.45) is 5.10 Å². The average Bonchev–Trinajstić information content (AvgIpc) is 2.58. The highest BCUT2D eigenvalue weighted by Crippen LogP contribution is 2.25. The van der Waals surface area contributed by atoms with E-state index in [2.05, 4.69) is 21.5 Å². The molecule has 0 radical (unpaired) electrons. The third kappa shape index (κ3) is 3.80. The Morgan fingerprint density at radius 2 is 1.77 bits per heavy atom. The first-order chi connectivity index (χ1) is 10.8. The fourth-order valence-corrected chi connectivity index (χ4v) is 2.88. The molecule has 4 heteroatoms. The molecule has 0 bridgehead atoms. The Morgan fingerprint density at radius 1 is 1.00 bits per heavy atom. The number of nitrogens with zero attached hydrogens (tertiary/aromatic N) is 2. The lowest BCUT2D eigenvalue weighted by atomic mass is 10.1. The molecule has 2 aromatic carbocycles. The van der Waals surface area contributed by atoms with Crippen LogP contribution in [-0.4, -0.2) is 19.3 Å². The molecular weight excluding hydrogens is 294 g/mol. The number of halogens is 1. The Labute approximate surface area is 136 Å². The first-order valence-electron chi connectivity index (χ1n) is 7.71. The minimum Gasteiger partial charge on any atom is -0.371 e. The highest BCUT2D eigenvalue weighted by atomic mass is 35.5. The van der Waals surface area contributed by atoms with Gasteiger partial charge in [0.1, 0.15) is 0 Å². The molecule has 0 atom stereocenters. The van der Waals surface area contributed by atoms with E-state index >= 15 is 0 Å². The Balaban J connectivity index is 1.66. The van der Waals surface area contributed by atoms with Gasteiger partial charge in [0.25, 0.3) is 0 Å². The van der Waals surface area contributed by atoms with E-state index < -0.39 is 0 Å². The molecule has 0 aromatic heterocycles. The molecule has 1 saturated heterocycles. The maximum absolute atomic E-state index is 6.38. The Bertz CT molecular complexity index is 634. The summed E-state index contributed by atoms with van der Waals surface area (Å²) in [6.07, 6.45) is 5.62. The van der Waals surface area contributed by atoms with Gasteiger partial charge < -0.3 is 4.90 Å². The van der Waals surface area contributed by atoms with Gasteiger partial charge in [0.05, 0.1) is 16.9 Å². The fourth-order valence-electron chi connectivity index (χ4n) is 2.66. The number of rotatable bonds is 4. The Kier molecular flexibility index (Phi) is 4.96. The van der Waals surface area contributed by atoms with Gasteiger partial charge >= 0.3 is 0 Å². The van der Waals surface area contributed by atoms with Gasteiger partial charge in [0, 0.05) is 24.3 Å². The number of benzene rings is 2. The molecule has 2 aromatic rings. The molecule has 0 spiro atoms. The van der Waals surface area contributed by atoms with E-state index in [4.69, 9.17) is 11.6 Å². The van der Waals surface area contributed by atoms with Crippen LogP contribution in [0.3, 0.4) is 0 Å². The summed E-state index contributed by atoms with van der Waals surface area (Å²) in [4.78, 5) is 2.40. The zero-order valence-corrected chi connectivity index (χ0v) is 13.3. The zero-order chi connectivity index (χ0) is 15.2. The van der Waals surface area contributed by atoms with E-state index in [0.717, 1.165) is 29.4 Å². The van der Waals surface area contributed by atoms with Gasteiger partial charge in [0.15, 0.2) is 0 Å². The molecule has 1 fully saturated rings. The molecule has 1 N–H and O–H groups in total. The predicted octanol–water partition coefficient (Wildman–Crippen LogP) is 4.78. The van der Waals surface area contributed by atoms with Gasteiger partial charge in [0.2, 0.25) is 0 Å². The maximum atomic E-state index is 6.38. The van der Waals surface area contributed by atoms with Crippen molar-refractivity contribution in [2.45, 2.75) is 19.3 Å². The smallest absolute Gasteiger partial charge is 0.0561 e. The summed E-state index contributed by atoms with van der Waals surface area (Å²) in [5.74, 6) is 0. The number of anilines is 2. The van der Waals surface area contributed by atoms with Crippen LogP contribution < -0.4 is 10.3 Å². The van der Waals surface area contributed by atoms with Crippen molar-refractivity contribution < 1.29 is 0 Å². The number of nitrogens with one attached hydrogen (secondary N) is 1. The van der Waals surface area contributed by atoms with Crippen molar-refractivity contribution in [3.05, 3.63) is 59.1 Å². The number of piperidine rings is 1. The molecule has 114 valence electrons. The molecule has 0 amide bonds. The van der Waals surface area contributed by atoms with E-state index in [0.29, 0.717) is 0 Å². The van der Waals surface area contributed by atoms with Crippen LogP contribution in [0.25, 0.3) is 0 Å². The average molecular weight is 314 g/mol.